The van der Waals surface area contributed by atoms with Crippen molar-refractivity contribution in [2.45, 2.75) is 46.1 Å². The zero-order chi connectivity index (χ0) is 17.0. The van der Waals surface area contributed by atoms with E-state index in [0.29, 0.717) is 17.9 Å². The number of nitrogens with zero attached hydrogens (tertiary/aromatic N) is 2. The number of rotatable bonds is 6. The molecule has 1 saturated heterocycles. The van der Waals surface area contributed by atoms with Crippen LogP contribution in [0.4, 0.5) is 0 Å². The third kappa shape index (κ3) is 4.57. The first-order chi connectivity index (χ1) is 10.9. The van der Waals surface area contributed by atoms with E-state index >= 15 is 0 Å². The van der Waals surface area contributed by atoms with E-state index in [1.54, 1.807) is 0 Å². The standard InChI is InChI=1S/C20H32N2O/c1-6-7-18-13-22(14-19(18)21(4)5)20(23)17-10-8-16(9-11-17)12-15(2)3/h8-11,15,18-19H,6-7,12-14H2,1-5H3/t18-,19-/m1/s1. The quantitative estimate of drug-likeness (QED) is 0.799. The van der Waals surface area contributed by atoms with Crippen LogP contribution in [0, 0.1) is 11.8 Å². The van der Waals surface area contributed by atoms with Gasteiger partial charge in [0, 0.05) is 24.7 Å². The van der Waals surface area contributed by atoms with Gasteiger partial charge in [-0.2, -0.15) is 0 Å². The van der Waals surface area contributed by atoms with Crippen molar-refractivity contribution >= 4 is 5.91 Å². The molecule has 3 heteroatoms. The molecule has 0 radical (unpaired) electrons. The molecule has 128 valence electrons. The molecule has 3 nitrogen and oxygen atoms in total. The zero-order valence-corrected chi connectivity index (χ0v) is 15.4. The number of benzene rings is 1. The Morgan fingerprint density at radius 3 is 2.39 bits per heavy atom. The van der Waals surface area contributed by atoms with Crippen molar-refractivity contribution in [2.24, 2.45) is 11.8 Å². The number of carbonyl (C=O) groups is 1. The second kappa shape index (κ2) is 7.96. The van der Waals surface area contributed by atoms with Crippen molar-refractivity contribution in [3.05, 3.63) is 35.4 Å². The molecule has 1 aliphatic heterocycles. The minimum absolute atomic E-state index is 0.187. The molecule has 1 fully saturated rings. The second-order valence-corrected chi connectivity index (χ2v) is 7.58. The van der Waals surface area contributed by atoms with Crippen molar-refractivity contribution in [3.8, 4) is 0 Å². The summed E-state index contributed by atoms with van der Waals surface area (Å²) in [7, 11) is 4.25. The third-order valence-corrected chi connectivity index (χ3v) is 4.86. The van der Waals surface area contributed by atoms with Gasteiger partial charge >= 0.3 is 0 Å². The summed E-state index contributed by atoms with van der Waals surface area (Å²) in [6.07, 6.45) is 3.44. The Labute approximate surface area is 141 Å². The van der Waals surface area contributed by atoms with Crippen LogP contribution in [0.25, 0.3) is 0 Å². The Bertz CT molecular complexity index is 507. The lowest BCUT2D eigenvalue weighted by Gasteiger charge is -2.24. The molecule has 1 amide bonds. The summed E-state index contributed by atoms with van der Waals surface area (Å²) in [4.78, 5) is 17.1. The van der Waals surface area contributed by atoms with E-state index in [2.05, 4.69) is 51.9 Å². The fourth-order valence-corrected chi connectivity index (χ4v) is 3.70. The molecule has 23 heavy (non-hydrogen) atoms. The Hall–Kier alpha value is -1.35. The molecule has 0 unspecified atom stereocenters. The van der Waals surface area contributed by atoms with Crippen LogP contribution in [0.15, 0.2) is 24.3 Å². The van der Waals surface area contributed by atoms with E-state index in [-0.39, 0.29) is 5.91 Å². The number of likely N-dealkylation sites (N-methyl/N-ethyl adjacent to an activating group) is 1. The van der Waals surface area contributed by atoms with Crippen LogP contribution in [0.2, 0.25) is 0 Å². The van der Waals surface area contributed by atoms with E-state index in [1.165, 1.54) is 18.4 Å². The SMILES string of the molecule is CCC[C@@H]1CN(C(=O)c2ccc(CC(C)C)cc2)C[C@H]1N(C)C. The van der Waals surface area contributed by atoms with Crippen molar-refractivity contribution in [1.82, 2.24) is 9.80 Å². The molecule has 1 aliphatic rings. The monoisotopic (exact) mass is 316 g/mol. The van der Waals surface area contributed by atoms with Crippen molar-refractivity contribution in [1.29, 1.82) is 0 Å². The number of amides is 1. The third-order valence-electron chi connectivity index (χ3n) is 4.86. The Balaban J connectivity index is 2.05. The largest absolute Gasteiger partial charge is 0.337 e. The smallest absolute Gasteiger partial charge is 0.253 e. The van der Waals surface area contributed by atoms with Gasteiger partial charge < -0.3 is 9.80 Å². The number of likely N-dealkylation sites (tertiary alicyclic amines) is 1. The maximum atomic E-state index is 12.8. The first-order valence-corrected chi connectivity index (χ1v) is 8.97. The van der Waals surface area contributed by atoms with Gasteiger partial charge in [-0.05, 0) is 56.5 Å². The van der Waals surface area contributed by atoms with E-state index < -0.39 is 0 Å². The molecular weight excluding hydrogens is 284 g/mol. The molecule has 1 heterocycles. The second-order valence-electron chi connectivity index (χ2n) is 7.58. The first kappa shape index (κ1) is 18.0. The van der Waals surface area contributed by atoms with E-state index in [0.717, 1.165) is 25.1 Å². The molecule has 0 aromatic heterocycles. The van der Waals surface area contributed by atoms with Crippen LogP contribution < -0.4 is 0 Å². The molecule has 1 aromatic carbocycles. The Kier molecular flexibility index (Phi) is 6.23. The summed E-state index contributed by atoms with van der Waals surface area (Å²) in [6, 6.07) is 8.70. The lowest BCUT2D eigenvalue weighted by Crippen LogP contribution is -2.36. The van der Waals surface area contributed by atoms with Gasteiger partial charge in [0.15, 0.2) is 0 Å². The van der Waals surface area contributed by atoms with Gasteiger partial charge in [0.1, 0.15) is 0 Å². The van der Waals surface area contributed by atoms with Crippen LogP contribution in [0.5, 0.6) is 0 Å². The molecule has 0 spiro atoms. The molecule has 0 aliphatic carbocycles. The topological polar surface area (TPSA) is 23.6 Å². The minimum atomic E-state index is 0.187. The van der Waals surface area contributed by atoms with Crippen molar-refractivity contribution in [3.63, 3.8) is 0 Å². The van der Waals surface area contributed by atoms with Gasteiger partial charge in [0.05, 0.1) is 0 Å². The summed E-state index contributed by atoms with van der Waals surface area (Å²) in [6.45, 7) is 8.41. The highest BCUT2D eigenvalue weighted by Crippen LogP contribution is 2.26. The Morgan fingerprint density at radius 1 is 1.22 bits per heavy atom. The lowest BCUT2D eigenvalue weighted by atomic mass is 9.98. The van der Waals surface area contributed by atoms with Crippen molar-refractivity contribution in [2.75, 3.05) is 27.2 Å². The van der Waals surface area contributed by atoms with Crippen LogP contribution in [-0.4, -0.2) is 48.9 Å². The number of hydrogen-bond donors (Lipinski definition) is 0. The molecule has 1 aromatic rings. The highest BCUT2D eigenvalue weighted by atomic mass is 16.2. The summed E-state index contributed by atoms with van der Waals surface area (Å²) in [5.41, 5.74) is 2.14. The van der Waals surface area contributed by atoms with E-state index in [4.69, 9.17) is 0 Å². The highest BCUT2D eigenvalue weighted by molar-refractivity contribution is 5.94. The molecule has 2 atom stereocenters. The zero-order valence-electron chi connectivity index (χ0n) is 15.4. The normalized spacial score (nSPS) is 21.4. The Morgan fingerprint density at radius 2 is 1.87 bits per heavy atom. The first-order valence-electron chi connectivity index (χ1n) is 8.97. The number of hydrogen-bond acceptors (Lipinski definition) is 2. The van der Waals surface area contributed by atoms with Gasteiger partial charge in [-0.3, -0.25) is 4.79 Å². The maximum Gasteiger partial charge on any atom is 0.253 e. The van der Waals surface area contributed by atoms with Gasteiger partial charge in [-0.1, -0.05) is 39.3 Å². The molecular formula is C20H32N2O. The summed E-state index contributed by atoms with van der Waals surface area (Å²) >= 11 is 0. The minimum Gasteiger partial charge on any atom is -0.337 e. The summed E-state index contributed by atoms with van der Waals surface area (Å²) in [5, 5.41) is 0. The van der Waals surface area contributed by atoms with Crippen LogP contribution in [-0.2, 0) is 6.42 Å². The molecule has 2 rings (SSSR count). The highest BCUT2D eigenvalue weighted by Gasteiger charge is 2.35. The van der Waals surface area contributed by atoms with Gasteiger partial charge in [-0.15, -0.1) is 0 Å². The van der Waals surface area contributed by atoms with Crippen molar-refractivity contribution < 1.29 is 4.79 Å². The predicted molar refractivity (Wildman–Crippen MR) is 96.8 cm³/mol. The molecule has 0 N–H and O–H groups in total. The van der Waals surface area contributed by atoms with Gasteiger partial charge in [0.25, 0.3) is 5.91 Å². The molecule has 0 saturated carbocycles. The van der Waals surface area contributed by atoms with Crippen LogP contribution in [0.3, 0.4) is 0 Å². The summed E-state index contributed by atoms with van der Waals surface area (Å²) < 4.78 is 0. The predicted octanol–water partition coefficient (Wildman–Crippen LogP) is 3.69. The maximum absolute atomic E-state index is 12.8. The average Bonchev–Trinajstić information content (AvgIpc) is 2.91. The number of carbonyl (C=O) groups excluding carboxylic acids is 1. The van der Waals surface area contributed by atoms with Crippen LogP contribution in [0.1, 0.15) is 49.5 Å². The fraction of sp³-hybridized carbons (Fsp3) is 0.650. The van der Waals surface area contributed by atoms with E-state index in [9.17, 15) is 4.79 Å². The lowest BCUT2D eigenvalue weighted by molar-refractivity contribution is 0.0781. The van der Waals surface area contributed by atoms with E-state index in [1.807, 2.05) is 17.0 Å². The van der Waals surface area contributed by atoms with Gasteiger partial charge in [0.2, 0.25) is 0 Å². The summed E-state index contributed by atoms with van der Waals surface area (Å²) in [5.74, 6) is 1.43. The van der Waals surface area contributed by atoms with Crippen LogP contribution >= 0.6 is 0 Å². The molecule has 0 bridgehead atoms. The fourth-order valence-electron chi connectivity index (χ4n) is 3.70. The average molecular weight is 316 g/mol. The van der Waals surface area contributed by atoms with Gasteiger partial charge in [-0.25, -0.2) is 0 Å².